The highest BCUT2D eigenvalue weighted by Gasteiger charge is 2.25. The van der Waals surface area contributed by atoms with Gasteiger partial charge >= 0.3 is 11.9 Å². The highest BCUT2D eigenvalue weighted by atomic mass is 16.6. The zero-order valence-corrected chi connectivity index (χ0v) is 18.4. The summed E-state index contributed by atoms with van der Waals surface area (Å²) in [6.45, 7) is 0. The van der Waals surface area contributed by atoms with Crippen LogP contribution in [-0.2, 0) is 16.0 Å². The lowest BCUT2D eigenvalue weighted by atomic mass is 9.95. The normalized spacial score (nSPS) is 11.8. The van der Waals surface area contributed by atoms with Crippen molar-refractivity contribution < 1.29 is 50.1 Å². The first-order valence-corrected chi connectivity index (χ1v) is 10.5. The fourth-order valence-electron chi connectivity index (χ4n) is 3.77. The van der Waals surface area contributed by atoms with Crippen LogP contribution in [0.15, 0.2) is 60.7 Å². The van der Waals surface area contributed by atoms with Crippen molar-refractivity contribution in [1.82, 2.24) is 0 Å². The Balaban J connectivity index is 1.67. The van der Waals surface area contributed by atoms with Gasteiger partial charge in [-0.3, -0.25) is 0 Å². The first kappa shape index (κ1) is 24.0. The first-order chi connectivity index (χ1) is 17.0. The van der Waals surface area contributed by atoms with E-state index in [1.807, 2.05) is 0 Å². The Hall–Kier alpha value is -5.12. The van der Waals surface area contributed by atoms with E-state index in [-0.39, 0.29) is 34.6 Å². The molecule has 0 aliphatic heterocycles. The van der Waals surface area contributed by atoms with Gasteiger partial charge in [-0.1, -0.05) is 18.2 Å². The number of fused-ring (bicyclic) bond motifs is 1. The average molecular weight is 492 g/mol. The van der Waals surface area contributed by atoms with E-state index >= 15 is 0 Å². The Morgan fingerprint density at radius 2 is 1.39 bits per heavy atom. The van der Waals surface area contributed by atoms with E-state index in [1.54, 1.807) is 0 Å². The molecule has 0 amide bonds. The third-order valence-corrected chi connectivity index (χ3v) is 5.58. The number of carboxylic acid groups (broad SMARTS) is 1. The second kappa shape index (κ2) is 9.26. The van der Waals surface area contributed by atoms with E-state index in [1.165, 1.54) is 54.6 Å². The quantitative estimate of drug-likeness (QED) is 0.155. The third kappa shape index (κ3) is 4.60. The summed E-state index contributed by atoms with van der Waals surface area (Å²) in [7, 11) is 0. The van der Waals surface area contributed by atoms with Crippen molar-refractivity contribution in [2.75, 3.05) is 0 Å². The second-order valence-corrected chi connectivity index (χ2v) is 8.02. The van der Waals surface area contributed by atoms with Gasteiger partial charge in [0, 0.05) is 12.0 Å². The Morgan fingerprint density at radius 1 is 0.722 bits per heavy atom. The molecule has 0 aliphatic carbocycles. The predicted molar refractivity (Wildman–Crippen MR) is 126 cm³/mol. The van der Waals surface area contributed by atoms with Crippen molar-refractivity contribution in [3.8, 4) is 45.6 Å². The standard InChI is InChI=1S/C26H20O10/c27-17-5-1-12(7-19(17)29)8-22(25(33)34)36-26(35)14-2-4-16-15(9-14)11-21(31)24(32)23(16)13-3-6-18(28)20(30)10-13/h1-7,9-11,22,27-32H,8H2,(H,33,34)/t22-/m1/s1. The molecule has 0 saturated heterocycles. The van der Waals surface area contributed by atoms with Crippen LogP contribution in [0.2, 0.25) is 0 Å². The molecule has 0 saturated carbocycles. The summed E-state index contributed by atoms with van der Waals surface area (Å²) in [5, 5.41) is 69.4. The molecule has 0 unspecified atom stereocenters. The molecule has 10 nitrogen and oxygen atoms in total. The van der Waals surface area contributed by atoms with Crippen LogP contribution in [0.25, 0.3) is 21.9 Å². The number of carbonyl (C=O) groups excluding carboxylic acids is 1. The Morgan fingerprint density at radius 3 is 2.03 bits per heavy atom. The maximum atomic E-state index is 12.8. The Kier molecular flexibility index (Phi) is 6.18. The molecule has 4 aromatic rings. The van der Waals surface area contributed by atoms with E-state index in [9.17, 15) is 45.3 Å². The maximum absolute atomic E-state index is 12.8. The van der Waals surface area contributed by atoms with Crippen LogP contribution in [0.3, 0.4) is 0 Å². The molecule has 0 spiro atoms. The van der Waals surface area contributed by atoms with Crippen molar-refractivity contribution in [3.05, 3.63) is 71.8 Å². The van der Waals surface area contributed by atoms with Crippen molar-refractivity contribution in [3.63, 3.8) is 0 Å². The van der Waals surface area contributed by atoms with E-state index in [0.29, 0.717) is 16.3 Å². The second-order valence-electron chi connectivity index (χ2n) is 8.02. The minimum atomic E-state index is -1.60. The molecule has 0 radical (unpaired) electrons. The molecular formula is C26H20O10. The van der Waals surface area contributed by atoms with Crippen LogP contribution in [0, 0.1) is 0 Å². The van der Waals surface area contributed by atoms with Crippen molar-refractivity contribution >= 4 is 22.7 Å². The summed E-state index contributed by atoms with van der Waals surface area (Å²) in [4.78, 5) is 24.4. The number of phenols is 6. The SMILES string of the molecule is O=C(O[C@H](Cc1ccc(O)c(O)c1)C(=O)O)c1ccc2c(-c3ccc(O)c(O)c3)c(O)c(O)cc2c1. The zero-order valence-electron chi connectivity index (χ0n) is 18.4. The number of carbonyl (C=O) groups is 2. The summed E-state index contributed by atoms with van der Waals surface area (Å²) < 4.78 is 5.16. The minimum absolute atomic E-state index is 0.0353. The van der Waals surface area contributed by atoms with Gasteiger partial charge in [0.2, 0.25) is 6.10 Å². The van der Waals surface area contributed by atoms with Gasteiger partial charge in [0.15, 0.2) is 34.5 Å². The number of phenolic OH excluding ortho intramolecular Hbond substituents is 6. The average Bonchev–Trinajstić information content (AvgIpc) is 2.83. The molecule has 0 fully saturated rings. The predicted octanol–water partition coefficient (Wildman–Crippen LogP) is 3.59. The highest BCUT2D eigenvalue weighted by Crippen LogP contribution is 2.44. The monoisotopic (exact) mass is 492 g/mol. The molecule has 36 heavy (non-hydrogen) atoms. The van der Waals surface area contributed by atoms with Crippen LogP contribution < -0.4 is 0 Å². The van der Waals surface area contributed by atoms with Crippen molar-refractivity contribution in [2.45, 2.75) is 12.5 Å². The van der Waals surface area contributed by atoms with Crippen LogP contribution >= 0.6 is 0 Å². The number of ether oxygens (including phenoxy) is 1. The number of hydrogen-bond acceptors (Lipinski definition) is 9. The smallest absolute Gasteiger partial charge is 0.345 e. The van der Waals surface area contributed by atoms with Crippen LogP contribution in [0.5, 0.6) is 34.5 Å². The molecule has 184 valence electrons. The number of aliphatic carboxylic acids is 1. The summed E-state index contributed by atoms with van der Waals surface area (Å²) in [5.74, 6) is -5.02. The lowest BCUT2D eigenvalue weighted by Gasteiger charge is -2.16. The van der Waals surface area contributed by atoms with E-state index in [2.05, 4.69) is 0 Å². The first-order valence-electron chi connectivity index (χ1n) is 10.5. The Labute approximate surface area is 203 Å². The number of carboxylic acids is 1. The lowest BCUT2D eigenvalue weighted by Crippen LogP contribution is -2.29. The molecule has 7 N–H and O–H groups in total. The fraction of sp³-hybridized carbons (Fsp3) is 0.0769. The summed E-state index contributed by atoms with van der Waals surface area (Å²) in [6.07, 6.45) is -1.87. The molecule has 0 bridgehead atoms. The maximum Gasteiger partial charge on any atom is 0.345 e. The van der Waals surface area contributed by atoms with Gasteiger partial charge in [0.25, 0.3) is 0 Å². The fourth-order valence-corrected chi connectivity index (χ4v) is 3.77. The molecule has 4 rings (SSSR count). The molecule has 10 heteroatoms. The number of rotatable bonds is 6. The lowest BCUT2D eigenvalue weighted by molar-refractivity contribution is -0.147. The number of benzene rings is 4. The summed E-state index contributed by atoms with van der Waals surface area (Å²) in [5.41, 5.74) is 0.691. The van der Waals surface area contributed by atoms with Crippen molar-refractivity contribution in [1.29, 1.82) is 0 Å². The third-order valence-electron chi connectivity index (χ3n) is 5.58. The van der Waals surface area contributed by atoms with Crippen LogP contribution in [-0.4, -0.2) is 53.8 Å². The summed E-state index contributed by atoms with van der Waals surface area (Å²) in [6, 6.07) is 12.9. The largest absolute Gasteiger partial charge is 0.504 e. The Bertz CT molecular complexity index is 1510. The summed E-state index contributed by atoms with van der Waals surface area (Å²) >= 11 is 0. The van der Waals surface area contributed by atoms with E-state index in [0.717, 1.165) is 6.07 Å². The van der Waals surface area contributed by atoms with Crippen LogP contribution in [0.1, 0.15) is 15.9 Å². The molecule has 0 aliphatic rings. The van der Waals surface area contributed by atoms with E-state index in [4.69, 9.17) is 4.74 Å². The molecule has 4 aromatic carbocycles. The topological polar surface area (TPSA) is 185 Å². The minimum Gasteiger partial charge on any atom is -0.504 e. The van der Waals surface area contributed by atoms with Gasteiger partial charge in [-0.25, -0.2) is 9.59 Å². The van der Waals surface area contributed by atoms with Gasteiger partial charge < -0.3 is 40.5 Å². The molecule has 0 aromatic heterocycles. The van der Waals surface area contributed by atoms with Crippen LogP contribution in [0.4, 0.5) is 0 Å². The van der Waals surface area contributed by atoms with Gasteiger partial charge in [0.1, 0.15) is 0 Å². The molecular weight excluding hydrogens is 472 g/mol. The molecule has 1 atom stereocenters. The van der Waals surface area contributed by atoms with Gasteiger partial charge in [-0.2, -0.15) is 0 Å². The highest BCUT2D eigenvalue weighted by molar-refractivity contribution is 6.04. The van der Waals surface area contributed by atoms with Gasteiger partial charge in [-0.15, -0.1) is 0 Å². The number of esters is 1. The van der Waals surface area contributed by atoms with Crippen molar-refractivity contribution in [2.24, 2.45) is 0 Å². The van der Waals surface area contributed by atoms with Gasteiger partial charge in [0.05, 0.1) is 5.56 Å². The number of hydrogen-bond donors (Lipinski definition) is 7. The van der Waals surface area contributed by atoms with E-state index < -0.39 is 41.0 Å². The number of aromatic hydroxyl groups is 6. The zero-order chi connectivity index (χ0) is 26.1. The van der Waals surface area contributed by atoms with Gasteiger partial charge in [-0.05, 0) is 64.4 Å². The molecule has 0 heterocycles.